The fourth-order valence-electron chi connectivity index (χ4n) is 4.39. The fraction of sp³-hybridized carbons (Fsp3) is 0.179. The summed E-state index contributed by atoms with van der Waals surface area (Å²) in [5.74, 6) is 1.37. The maximum atomic E-state index is 13.0. The maximum absolute atomic E-state index is 13.0. The van der Waals surface area contributed by atoms with Gasteiger partial charge in [0.25, 0.3) is 5.91 Å². The minimum absolute atomic E-state index is 0.137. The largest absolute Gasteiger partial charge is 0.345 e. The van der Waals surface area contributed by atoms with Crippen LogP contribution in [0.1, 0.15) is 27.3 Å². The van der Waals surface area contributed by atoms with Gasteiger partial charge in [-0.15, -0.1) is 16.8 Å². The molecule has 5 aromatic rings. The third-order valence-corrected chi connectivity index (χ3v) is 7.18. The van der Waals surface area contributed by atoms with Crippen LogP contribution in [0.25, 0.3) is 21.8 Å². The predicted molar refractivity (Wildman–Crippen MR) is 143 cm³/mol. The van der Waals surface area contributed by atoms with Crippen molar-refractivity contribution in [3.05, 3.63) is 102 Å². The number of aromatic nitrogens is 4. The van der Waals surface area contributed by atoms with Crippen molar-refractivity contribution >= 4 is 39.5 Å². The zero-order valence-corrected chi connectivity index (χ0v) is 20.7. The molecule has 3 aromatic carbocycles. The molecule has 0 bridgehead atoms. The first-order valence-corrected chi connectivity index (χ1v) is 12.5. The second-order valence-electron chi connectivity index (χ2n) is 8.57. The SMILES string of the molecule is C=CCn1c(CNC(=O)c2ccc3c(c2)c2ccccc2n3C)nnc1SCc1cccc(C)c1. The van der Waals surface area contributed by atoms with E-state index in [-0.39, 0.29) is 12.5 Å². The monoisotopic (exact) mass is 481 g/mol. The highest BCUT2D eigenvalue weighted by Gasteiger charge is 2.15. The average Bonchev–Trinajstić information content (AvgIpc) is 3.39. The first-order valence-electron chi connectivity index (χ1n) is 11.5. The number of rotatable bonds is 8. The van der Waals surface area contributed by atoms with E-state index < -0.39 is 0 Å². The van der Waals surface area contributed by atoms with Gasteiger partial charge in [-0.3, -0.25) is 4.79 Å². The molecule has 0 aliphatic carbocycles. The molecule has 7 heteroatoms. The molecule has 35 heavy (non-hydrogen) atoms. The van der Waals surface area contributed by atoms with Gasteiger partial charge in [-0.25, -0.2) is 0 Å². The molecular weight excluding hydrogens is 454 g/mol. The average molecular weight is 482 g/mol. The number of para-hydroxylation sites is 1. The van der Waals surface area contributed by atoms with Gasteiger partial charge in [0.05, 0.1) is 6.54 Å². The van der Waals surface area contributed by atoms with Crippen LogP contribution in [0.2, 0.25) is 0 Å². The van der Waals surface area contributed by atoms with Crippen LogP contribution in [0.15, 0.2) is 84.5 Å². The number of nitrogens with one attached hydrogen (secondary N) is 1. The fourth-order valence-corrected chi connectivity index (χ4v) is 5.30. The number of amides is 1. The van der Waals surface area contributed by atoms with Crippen LogP contribution in [0.3, 0.4) is 0 Å². The molecule has 1 amide bonds. The van der Waals surface area contributed by atoms with Crippen LogP contribution < -0.4 is 5.32 Å². The number of benzene rings is 3. The molecular formula is C28H27N5OS. The number of fused-ring (bicyclic) bond motifs is 3. The molecule has 0 radical (unpaired) electrons. The lowest BCUT2D eigenvalue weighted by atomic mass is 10.1. The number of aryl methyl sites for hydroxylation is 2. The van der Waals surface area contributed by atoms with Crippen LogP contribution in [0, 0.1) is 6.92 Å². The lowest BCUT2D eigenvalue weighted by molar-refractivity contribution is 0.0949. The number of nitrogens with zero attached hydrogens (tertiary/aromatic N) is 4. The first-order chi connectivity index (χ1) is 17.0. The number of allylic oxidation sites excluding steroid dienone is 1. The third kappa shape index (κ3) is 4.59. The number of hydrogen-bond donors (Lipinski definition) is 1. The molecule has 6 nitrogen and oxygen atoms in total. The lowest BCUT2D eigenvalue weighted by Crippen LogP contribution is -2.24. The molecule has 2 heterocycles. The lowest BCUT2D eigenvalue weighted by Gasteiger charge is -2.09. The summed E-state index contributed by atoms with van der Waals surface area (Å²) in [6, 6.07) is 22.5. The van der Waals surface area contributed by atoms with E-state index in [4.69, 9.17) is 0 Å². The Balaban J connectivity index is 1.32. The predicted octanol–water partition coefficient (Wildman–Crippen LogP) is 5.64. The molecule has 0 saturated heterocycles. The Morgan fingerprint density at radius 1 is 1.03 bits per heavy atom. The minimum Gasteiger partial charge on any atom is -0.345 e. The van der Waals surface area contributed by atoms with Crippen LogP contribution in [0.5, 0.6) is 0 Å². The van der Waals surface area contributed by atoms with E-state index in [1.807, 2.05) is 48.0 Å². The number of carbonyl (C=O) groups is 1. The first kappa shape index (κ1) is 22.9. The third-order valence-electron chi connectivity index (χ3n) is 6.14. The van der Waals surface area contributed by atoms with Gasteiger partial charge in [0.15, 0.2) is 11.0 Å². The standard InChI is InChI=1S/C28H27N5OS/c1-4-14-33-26(30-31-28(33)35-18-20-9-7-8-19(2)15-20)17-29-27(34)21-12-13-25-23(16-21)22-10-5-6-11-24(22)32(25)3/h4-13,15-16H,1,14,17-18H2,2-3H3,(H,29,34). The Labute approximate surface area is 208 Å². The summed E-state index contributed by atoms with van der Waals surface area (Å²) in [7, 11) is 2.05. The van der Waals surface area contributed by atoms with Gasteiger partial charge in [-0.1, -0.05) is 65.9 Å². The maximum Gasteiger partial charge on any atom is 0.251 e. The molecule has 0 aliphatic heterocycles. The molecule has 176 valence electrons. The van der Waals surface area contributed by atoms with Crippen molar-refractivity contribution in [2.24, 2.45) is 7.05 Å². The van der Waals surface area contributed by atoms with Crippen molar-refractivity contribution < 1.29 is 4.79 Å². The summed E-state index contributed by atoms with van der Waals surface area (Å²) in [5, 5.41) is 14.8. The van der Waals surface area contributed by atoms with E-state index in [2.05, 4.69) is 70.0 Å². The molecule has 0 unspecified atom stereocenters. The second-order valence-corrected chi connectivity index (χ2v) is 9.51. The summed E-state index contributed by atoms with van der Waals surface area (Å²) < 4.78 is 4.15. The summed E-state index contributed by atoms with van der Waals surface area (Å²) in [6.07, 6.45) is 1.82. The van der Waals surface area contributed by atoms with E-state index in [0.29, 0.717) is 17.9 Å². The molecule has 5 rings (SSSR count). The summed E-state index contributed by atoms with van der Waals surface area (Å²) in [5.41, 5.74) is 5.34. The summed E-state index contributed by atoms with van der Waals surface area (Å²) in [6.45, 7) is 6.83. The van der Waals surface area contributed by atoms with E-state index in [1.54, 1.807) is 11.8 Å². The molecule has 0 saturated carbocycles. The zero-order chi connectivity index (χ0) is 24.4. The van der Waals surface area contributed by atoms with E-state index in [1.165, 1.54) is 11.1 Å². The summed E-state index contributed by atoms with van der Waals surface area (Å²) >= 11 is 1.63. The second kappa shape index (κ2) is 9.80. The van der Waals surface area contributed by atoms with Crippen LogP contribution in [-0.2, 0) is 25.9 Å². The molecule has 0 fully saturated rings. The Bertz CT molecular complexity index is 1550. The van der Waals surface area contributed by atoms with Crippen LogP contribution in [-0.4, -0.2) is 25.2 Å². The van der Waals surface area contributed by atoms with Crippen molar-refractivity contribution in [1.29, 1.82) is 0 Å². The van der Waals surface area contributed by atoms with Crippen LogP contribution >= 0.6 is 11.8 Å². The van der Waals surface area contributed by atoms with E-state index in [0.717, 1.165) is 32.7 Å². The number of thioether (sulfide) groups is 1. The van der Waals surface area contributed by atoms with Gasteiger partial charge in [-0.05, 0) is 36.8 Å². The number of carbonyl (C=O) groups excluding carboxylic acids is 1. The molecule has 0 spiro atoms. The van der Waals surface area contributed by atoms with Gasteiger partial charge in [0.1, 0.15) is 0 Å². The zero-order valence-electron chi connectivity index (χ0n) is 19.9. The highest BCUT2D eigenvalue weighted by atomic mass is 32.2. The highest BCUT2D eigenvalue weighted by Crippen LogP contribution is 2.29. The smallest absolute Gasteiger partial charge is 0.251 e. The van der Waals surface area contributed by atoms with Gasteiger partial charge < -0.3 is 14.5 Å². The minimum atomic E-state index is -0.137. The Morgan fingerprint density at radius 3 is 2.69 bits per heavy atom. The van der Waals surface area contributed by atoms with Gasteiger partial charge in [-0.2, -0.15) is 0 Å². The normalized spacial score (nSPS) is 11.3. The van der Waals surface area contributed by atoms with Crippen molar-refractivity contribution in [2.75, 3.05) is 0 Å². The molecule has 0 atom stereocenters. The van der Waals surface area contributed by atoms with Gasteiger partial charge in [0.2, 0.25) is 0 Å². The Kier molecular flexibility index (Phi) is 6.42. The van der Waals surface area contributed by atoms with E-state index >= 15 is 0 Å². The van der Waals surface area contributed by atoms with Crippen molar-refractivity contribution in [3.63, 3.8) is 0 Å². The van der Waals surface area contributed by atoms with Gasteiger partial charge in [0, 0.05) is 46.7 Å². The number of hydrogen-bond acceptors (Lipinski definition) is 4. The Hall–Kier alpha value is -3.84. The highest BCUT2D eigenvalue weighted by molar-refractivity contribution is 7.98. The van der Waals surface area contributed by atoms with Crippen molar-refractivity contribution in [2.45, 2.75) is 30.9 Å². The van der Waals surface area contributed by atoms with Crippen molar-refractivity contribution in [3.8, 4) is 0 Å². The quantitative estimate of drug-likeness (QED) is 0.230. The molecule has 2 aromatic heterocycles. The Morgan fingerprint density at radius 2 is 1.86 bits per heavy atom. The van der Waals surface area contributed by atoms with Gasteiger partial charge >= 0.3 is 0 Å². The molecule has 0 aliphatic rings. The van der Waals surface area contributed by atoms with Crippen molar-refractivity contribution in [1.82, 2.24) is 24.6 Å². The van der Waals surface area contributed by atoms with Crippen LogP contribution in [0.4, 0.5) is 0 Å². The molecule has 1 N–H and O–H groups in total. The topological polar surface area (TPSA) is 64.7 Å². The summed E-state index contributed by atoms with van der Waals surface area (Å²) in [4.78, 5) is 13.0. The van der Waals surface area contributed by atoms with E-state index in [9.17, 15) is 4.79 Å².